The molecule has 1 aliphatic heterocycles. The zero-order valence-corrected chi connectivity index (χ0v) is 18.0. The zero-order valence-electron chi connectivity index (χ0n) is 18.0. The Labute approximate surface area is 174 Å². The van der Waals surface area contributed by atoms with Gasteiger partial charge in [-0.15, -0.1) is 0 Å². The van der Waals surface area contributed by atoms with Gasteiger partial charge in [-0.25, -0.2) is 4.39 Å². The van der Waals surface area contributed by atoms with Gasteiger partial charge in [0, 0.05) is 23.7 Å². The molecule has 0 spiro atoms. The van der Waals surface area contributed by atoms with E-state index in [0.29, 0.717) is 12.6 Å². The van der Waals surface area contributed by atoms with E-state index in [-0.39, 0.29) is 22.8 Å². The molecule has 0 amide bonds. The van der Waals surface area contributed by atoms with Gasteiger partial charge in [-0.1, -0.05) is 51.1 Å². The quantitative estimate of drug-likeness (QED) is 0.729. The minimum Gasteiger partial charge on any atom is -0.398 e. The van der Waals surface area contributed by atoms with Crippen LogP contribution in [-0.4, -0.2) is 30.1 Å². The van der Waals surface area contributed by atoms with Gasteiger partial charge in [-0.05, 0) is 60.5 Å². The van der Waals surface area contributed by atoms with Crippen LogP contribution in [-0.2, 0) is 23.2 Å². The van der Waals surface area contributed by atoms with Gasteiger partial charge >= 0.3 is 0 Å². The number of hydrogen-bond donors (Lipinski definition) is 1. The predicted molar refractivity (Wildman–Crippen MR) is 116 cm³/mol. The van der Waals surface area contributed by atoms with Crippen LogP contribution in [0.25, 0.3) is 0 Å². The molecular formula is C25H33FN2O. The number of benzene rings is 2. The SMILES string of the molecule is CC(CN1CCC2(C)c3c(F)ccc(N)c3CC1C2(C)C)OCc1ccccc1. The van der Waals surface area contributed by atoms with E-state index < -0.39 is 0 Å². The first-order chi connectivity index (χ1) is 13.7. The zero-order chi connectivity index (χ0) is 20.8. The number of fused-ring (bicyclic) bond motifs is 4. The summed E-state index contributed by atoms with van der Waals surface area (Å²) in [5.74, 6) is -0.101. The molecule has 156 valence electrons. The van der Waals surface area contributed by atoms with Gasteiger partial charge in [0.1, 0.15) is 5.82 Å². The number of ether oxygens (including phenoxy) is 1. The van der Waals surface area contributed by atoms with E-state index in [4.69, 9.17) is 10.5 Å². The summed E-state index contributed by atoms with van der Waals surface area (Å²) >= 11 is 0. The Kier molecular flexibility index (Phi) is 5.20. The van der Waals surface area contributed by atoms with E-state index in [9.17, 15) is 4.39 Å². The first kappa shape index (κ1) is 20.4. The summed E-state index contributed by atoms with van der Waals surface area (Å²) in [5, 5.41) is 0. The Balaban J connectivity index is 1.54. The Bertz CT molecular complexity index is 882. The van der Waals surface area contributed by atoms with Crippen LogP contribution < -0.4 is 5.73 Å². The fourth-order valence-corrected chi connectivity index (χ4v) is 5.56. The monoisotopic (exact) mass is 396 g/mol. The third-order valence-corrected chi connectivity index (χ3v) is 7.71. The largest absolute Gasteiger partial charge is 0.398 e. The molecule has 1 heterocycles. The van der Waals surface area contributed by atoms with Crippen molar-refractivity contribution in [2.24, 2.45) is 5.41 Å². The lowest BCUT2D eigenvalue weighted by molar-refractivity contribution is -0.0658. The predicted octanol–water partition coefficient (Wildman–Crippen LogP) is 4.93. The second-order valence-corrected chi connectivity index (χ2v) is 9.62. The van der Waals surface area contributed by atoms with Crippen LogP contribution in [0.1, 0.15) is 50.8 Å². The summed E-state index contributed by atoms with van der Waals surface area (Å²) in [6.45, 7) is 11.4. The molecule has 2 aromatic carbocycles. The van der Waals surface area contributed by atoms with Crippen molar-refractivity contribution in [3.05, 3.63) is 65.0 Å². The van der Waals surface area contributed by atoms with Gasteiger partial charge in [-0.2, -0.15) is 0 Å². The normalized spacial score (nSPS) is 26.7. The van der Waals surface area contributed by atoms with Crippen molar-refractivity contribution in [3.63, 3.8) is 0 Å². The van der Waals surface area contributed by atoms with Gasteiger partial charge in [0.15, 0.2) is 0 Å². The van der Waals surface area contributed by atoms with Gasteiger partial charge in [0.05, 0.1) is 12.7 Å². The lowest BCUT2D eigenvalue weighted by Crippen LogP contribution is -2.64. The third kappa shape index (κ3) is 3.36. The number of nitrogens with two attached hydrogens (primary N) is 1. The minimum atomic E-state index is -0.213. The summed E-state index contributed by atoms with van der Waals surface area (Å²) in [6.07, 6.45) is 1.85. The molecular weight excluding hydrogens is 363 g/mol. The molecule has 1 fully saturated rings. The molecule has 3 nitrogen and oxygen atoms in total. The maximum absolute atomic E-state index is 14.9. The third-order valence-electron chi connectivity index (χ3n) is 7.71. The number of anilines is 1. The molecule has 0 aromatic heterocycles. The highest BCUT2D eigenvalue weighted by molar-refractivity contribution is 5.57. The highest BCUT2D eigenvalue weighted by Gasteiger charge is 2.57. The molecule has 2 bridgehead atoms. The Morgan fingerprint density at radius 1 is 1.17 bits per heavy atom. The van der Waals surface area contributed by atoms with Crippen LogP contribution in [0, 0.1) is 11.2 Å². The van der Waals surface area contributed by atoms with Gasteiger partial charge < -0.3 is 10.5 Å². The van der Waals surface area contributed by atoms with E-state index in [0.717, 1.165) is 42.7 Å². The van der Waals surface area contributed by atoms with Crippen LogP contribution in [0.3, 0.4) is 0 Å². The standard InChI is InChI=1S/C25H33FN2O/c1-17(29-16-18-8-6-5-7-9-18)15-28-13-12-25(4)23-19(14-22(28)24(25,2)3)21(27)11-10-20(23)26/h5-11,17,22H,12-16,27H2,1-4H3. The van der Waals surface area contributed by atoms with Gasteiger partial charge in [0.25, 0.3) is 0 Å². The molecule has 4 rings (SSSR count). The van der Waals surface area contributed by atoms with E-state index in [1.807, 2.05) is 18.2 Å². The number of nitrogen functional groups attached to an aromatic ring is 1. The first-order valence-corrected chi connectivity index (χ1v) is 10.7. The summed E-state index contributed by atoms with van der Waals surface area (Å²) in [7, 11) is 0. The molecule has 4 heteroatoms. The molecule has 2 aromatic rings. The fourth-order valence-electron chi connectivity index (χ4n) is 5.56. The van der Waals surface area contributed by atoms with Crippen LogP contribution in [0.2, 0.25) is 0 Å². The molecule has 1 aliphatic carbocycles. The summed E-state index contributed by atoms with van der Waals surface area (Å²) < 4.78 is 21.1. The molecule has 2 aliphatic rings. The van der Waals surface area contributed by atoms with Crippen LogP contribution in [0.5, 0.6) is 0 Å². The maximum Gasteiger partial charge on any atom is 0.127 e. The van der Waals surface area contributed by atoms with Crippen molar-refractivity contribution in [2.45, 2.75) is 64.7 Å². The van der Waals surface area contributed by atoms with E-state index in [2.05, 4.69) is 44.7 Å². The number of rotatable bonds is 5. The highest BCUT2D eigenvalue weighted by Crippen LogP contribution is 2.57. The molecule has 3 atom stereocenters. The van der Waals surface area contributed by atoms with Gasteiger partial charge in [-0.3, -0.25) is 4.90 Å². The molecule has 2 N–H and O–H groups in total. The van der Waals surface area contributed by atoms with E-state index in [1.165, 1.54) is 5.56 Å². The van der Waals surface area contributed by atoms with Crippen molar-refractivity contribution < 1.29 is 9.13 Å². The lowest BCUT2D eigenvalue weighted by atomic mass is 9.50. The topological polar surface area (TPSA) is 38.5 Å². The number of piperidine rings is 1. The maximum atomic E-state index is 14.9. The summed E-state index contributed by atoms with van der Waals surface area (Å²) in [6, 6.07) is 13.9. The number of halogens is 1. The smallest absolute Gasteiger partial charge is 0.127 e. The fraction of sp³-hybridized carbons (Fsp3) is 0.520. The number of hydrogen-bond acceptors (Lipinski definition) is 3. The van der Waals surface area contributed by atoms with Crippen molar-refractivity contribution in [3.8, 4) is 0 Å². The molecule has 3 unspecified atom stereocenters. The average molecular weight is 397 g/mol. The molecule has 0 saturated carbocycles. The van der Waals surface area contributed by atoms with Crippen molar-refractivity contribution in [2.75, 3.05) is 18.8 Å². The molecule has 0 radical (unpaired) electrons. The number of likely N-dealkylation sites (tertiary alicyclic amines) is 1. The summed E-state index contributed by atoms with van der Waals surface area (Å²) in [4.78, 5) is 2.55. The highest BCUT2D eigenvalue weighted by atomic mass is 19.1. The van der Waals surface area contributed by atoms with E-state index >= 15 is 0 Å². The first-order valence-electron chi connectivity index (χ1n) is 10.7. The van der Waals surface area contributed by atoms with E-state index in [1.54, 1.807) is 12.1 Å². The Morgan fingerprint density at radius 2 is 1.90 bits per heavy atom. The van der Waals surface area contributed by atoms with Crippen molar-refractivity contribution in [1.29, 1.82) is 0 Å². The minimum absolute atomic E-state index is 0.0496. The molecule has 1 saturated heterocycles. The second-order valence-electron chi connectivity index (χ2n) is 9.62. The van der Waals surface area contributed by atoms with Crippen LogP contribution in [0.15, 0.2) is 42.5 Å². The van der Waals surface area contributed by atoms with Crippen molar-refractivity contribution in [1.82, 2.24) is 4.90 Å². The average Bonchev–Trinajstić information content (AvgIpc) is 2.68. The van der Waals surface area contributed by atoms with Gasteiger partial charge in [0.2, 0.25) is 0 Å². The van der Waals surface area contributed by atoms with Crippen LogP contribution in [0.4, 0.5) is 10.1 Å². The molecule has 29 heavy (non-hydrogen) atoms. The summed E-state index contributed by atoms with van der Waals surface area (Å²) in [5.41, 5.74) is 9.83. The van der Waals surface area contributed by atoms with Crippen LogP contribution >= 0.6 is 0 Å². The number of nitrogens with zero attached hydrogens (tertiary/aromatic N) is 1. The lowest BCUT2D eigenvalue weighted by Gasteiger charge is -2.61. The Hall–Kier alpha value is -1.91. The second kappa shape index (κ2) is 7.41. The Morgan fingerprint density at radius 3 is 2.62 bits per heavy atom. The van der Waals surface area contributed by atoms with Crippen molar-refractivity contribution >= 4 is 5.69 Å².